The Morgan fingerprint density at radius 1 is 1.04 bits per heavy atom. The Kier molecular flexibility index (Phi) is 5.30. The minimum atomic E-state index is -0.302. The van der Waals surface area contributed by atoms with Crippen LogP contribution in [0.1, 0.15) is 29.3 Å². The van der Waals surface area contributed by atoms with E-state index in [2.05, 4.69) is 41.5 Å². The molecule has 5 heteroatoms. The number of benzene rings is 1. The Hall–Kier alpha value is -2.14. The molecule has 24 heavy (non-hydrogen) atoms. The van der Waals surface area contributed by atoms with Crippen LogP contribution in [0.3, 0.4) is 0 Å². The summed E-state index contributed by atoms with van der Waals surface area (Å²) in [6, 6.07) is 12.5. The molecule has 1 aromatic heterocycles. The van der Waals surface area contributed by atoms with Gasteiger partial charge in [0, 0.05) is 11.9 Å². The minimum Gasteiger partial charge on any atom is -0.286 e. The van der Waals surface area contributed by atoms with Gasteiger partial charge >= 0.3 is 0 Å². The highest BCUT2D eigenvalue weighted by molar-refractivity contribution is 8.15. The van der Waals surface area contributed by atoms with E-state index in [-0.39, 0.29) is 16.4 Å². The predicted octanol–water partition coefficient (Wildman–Crippen LogP) is 3.32. The third-order valence-corrected chi connectivity index (χ3v) is 5.15. The number of carbonyl (C=O) groups is 2. The number of imide groups is 1. The zero-order valence-corrected chi connectivity index (χ0v) is 14.4. The van der Waals surface area contributed by atoms with Crippen LogP contribution in [0.25, 0.3) is 0 Å². The number of aromatic nitrogens is 1. The first-order valence-electron chi connectivity index (χ1n) is 8.17. The van der Waals surface area contributed by atoms with Crippen molar-refractivity contribution in [2.45, 2.75) is 37.9 Å². The van der Waals surface area contributed by atoms with Crippen LogP contribution in [0.15, 0.2) is 42.6 Å². The van der Waals surface area contributed by atoms with Gasteiger partial charge in [-0.25, -0.2) is 0 Å². The Labute approximate surface area is 146 Å². The average Bonchev–Trinajstić information content (AvgIpc) is 2.91. The Morgan fingerprint density at radius 3 is 2.46 bits per heavy atom. The number of amides is 2. The molecule has 1 saturated heterocycles. The molecule has 1 aromatic carbocycles. The monoisotopic (exact) mass is 340 g/mol. The summed E-state index contributed by atoms with van der Waals surface area (Å²) in [5.74, 6) is -0.184. The standard InChI is InChI=1S/C19H20N2O2S/c1-2-13-9-10-20-16(11-13)8-7-14-3-5-15(6-4-14)12-17-18(22)21-19(23)24-17/h3-6,9-11,17H,2,7-8,12H2,1H3,(H,21,22,23). The number of rotatable bonds is 6. The maximum atomic E-state index is 11.6. The number of hydrogen-bond acceptors (Lipinski definition) is 4. The van der Waals surface area contributed by atoms with Crippen LogP contribution in [0.2, 0.25) is 0 Å². The topological polar surface area (TPSA) is 59.1 Å². The lowest BCUT2D eigenvalue weighted by molar-refractivity contribution is -0.118. The van der Waals surface area contributed by atoms with E-state index in [9.17, 15) is 9.59 Å². The molecule has 1 atom stereocenters. The van der Waals surface area contributed by atoms with E-state index in [0.29, 0.717) is 6.42 Å². The molecule has 1 N–H and O–H groups in total. The van der Waals surface area contributed by atoms with Crippen molar-refractivity contribution >= 4 is 22.9 Å². The van der Waals surface area contributed by atoms with Gasteiger partial charge in [-0.1, -0.05) is 43.0 Å². The molecular weight excluding hydrogens is 320 g/mol. The molecule has 0 radical (unpaired) electrons. The van der Waals surface area contributed by atoms with Crippen molar-refractivity contribution in [2.24, 2.45) is 0 Å². The SMILES string of the molecule is CCc1ccnc(CCc2ccc(CC3SC(=O)NC3=O)cc2)c1. The zero-order chi connectivity index (χ0) is 16.9. The molecule has 4 nitrogen and oxygen atoms in total. The van der Waals surface area contributed by atoms with Crippen LogP contribution in [0.5, 0.6) is 0 Å². The maximum absolute atomic E-state index is 11.6. The lowest BCUT2D eigenvalue weighted by Gasteiger charge is -2.07. The molecule has 0 saturated carbocycles. The van der Waals surface area contributed by atoms with Crippen molar-refractivity contribution in [1.29, 1.82) is 0 Å². The molecular formula is C19H20N2O2S. The second-order valence-electron chi connectivity index (χ2n) is 5.91. The van der Waals surface area contributed by atoms with Gasteiger partial charge in [0.2, 0.25) is 5.91 Å². The second kappa shape index (κ2) is 7.62. The molecule has 1 unspecified atom stereocenters. The summed E-state index contributed by atoms with van der Waals surface area (Å²) in [4.78, 5) is 27.2. The number of nitrogens with zero attached hydrogens (tertiary/aromatic N) is 1. The normalized spacial score (nSPS) is 17.1. The van der Waals surface area contributed by atoms with Gasteiger partial charge in [-0.15, -0.1) is 0 Å². The van der Waals surface area contributed by atoms with Gasteiger partial charge in [-0.05, 0) is 54.5 Å². The molecule has 0 spiro atoms. The number of carbonyl (C=O) groups excluding carboxylic acids is 2. The van der Waals surface area contributed by atoms with Crippen LogP contribution >= 0.6 is 11.8 Å². The lowest BCUT2D eigenvalue weighted by atomic mass is 10.0. The first kappa shape index (κ1) is 16.7. The molecule has 1 fully saturated rings. The van der Waals surface area contributed by atoms with Gasteiger partial charge in [0.1, 0.15) is 0 Å². The number of nitrogens with one attached hydrogen (secondary N) is 1. The summed E-state index contributed by atoms with van der Waals surface area (Å²) in [6.07, 6.45) is 5.35. The Morgan fingerprint density at radius 2 is 1.79 bits per heavy atom. The minimum absolute atomic E-state index is 0.184. The van der Waals surface area contributed by atoms with Crippen molar-refractivity contribution in [2.75, 3.05) is 0 Å². The summed E-state index contributed by atoms with van der Waals surface area (Å²) in [5.41, 5.74) is 4.77. The highest BCUT2D eigenvalue weighted by Crippen LogP contribution is 2.23. The third kappa shape index (κ3) is 4.23. The van der Waals surface area contributed by atoms with E-state index in [1.54, 1.807) is 0 Å². The smallest absolute Gasteiger partial charge is 0.286 e. The first-order chi connectivity index (χ1) is 11.6. The van der Waals surface area contributed by atoms with Crippen molar-refractivity contribution in [3.05, 3.63) is 65.0 Å². The lowest BCUT2D eigenvalue weighted by Crippen LogP contribution is -2.25. The summed E-state index contributed by atoms with van der Waals surface area (Å²) in [5, 5.41) is 1.78. The first-order valence-corrected chi connectivity index (χ1v) is 9.05. The molecule has 2 amide bonds. The van der Waals surface area contributed by atoms with E-state index < -0.39 is 0 Å². The van der Waals surface area contributed by atoms with Gasteiger partial charge in [-0.2, -0.15) is 0 Å². The van der Waals surface area contributed by atoms with E-state index >= 15 is 0 Å². The zero-order valence-electron chi connectivity index (χ0n) is 13.6. The summed E-state index contributed by atoms with van der Waals surface area (Å²) in [6.45, 7) is 2.15. The summed E-state index contributed by atoms with van der Waals surface area (Å²) < 4.78 is 0. The molecule has 1 aliphatic heterocycles. The third-order valence-electron chi connectivity index (χ3n) is 4.17. The average molecular weight is 340 g/mol. The fourth-order valence-corrected chi connectivity index (χ4v) is 3.60. The maximum Gasteiger partial charge on any atom is 0.286 e. The van der Waals surface area contributed by atoms with Crippen LogP contribution in [0, 0.1) is 0 Å². The molecule has 0 aliphatic carbocycles. The molecule has 2 aromatic rings. The predicted molar refractivity (Wildman–Crippen MR) is 96.1 cm³/mol. The fourth-order valence-electron chi connectivity index (χ4n) is 2.74. The molecule has 1 aliphatic rings. The largest absolute Gasteiger partial charge is 0.286 e. The van der Waals surface area contributed by atoms with Gasteiger partial charge in [0.05, 0.1) is 5.25 Å². The van der Waals surface area contributed by atoms with Gasteiger partial charge < -0.3 is 0 Å². The van der Waals surface area contributed by atoms with Gasteiger partial charge in [-0.3, -0.25) is 19.9 Å². The Balaban J connectivity index is 1.56. The quantitative estimate of drug-likeness (QED) is 0.876. The highest BCUT2D eigenvalue weighted by atomic mass is 32.2. The van der Waals surface area contributed by atoms with Crippen molar-refractivity contribution < 1.29 is 9.59 Å². The van der Waals surface area contributed by atoms with Crippen molar-refractivity contribution in [3.63, 3.8) is 0 Å². The number of hydrogen-bond donors (Lipinski definition) is 1. The van der Waals surface area contributed by atoms with E-state index in [4.69, 9.17) is 0 Å². The summed E-state index contributed by atoms with van der Waals surface area (Å²) >= 11 is 1.08. The van der Waals surface area contributed by atoms with E-state index in [1.807, 2.05) is 18.3 Å². The number of thioether (sulfide) groups is 1. The summed E-state index contributed by atoms with van der Waals surface area (Å²) in [7, 11) is 0. The Bertz CT molecular complexity index is 743. The molecule has 124 valence electrons. The molecule has 2 heterocycles. The number of aryl methyl sites for hydroxylation is 3. The highest BCUT2D eigenvalue weighted by Gasteiger charge is 2.31. The van der Waals surface area contributed by atoms with Gasteiger partial charge in [0.15, 0.2) is 0 Å². The van der Waals surface area contributed by atoms with Crippen LogP contribution in [-0.2, 0) is 30.5 Å². The molecule has 0 bridgehead atoms. The van der Waals surface area contributed by atoms with Gasteiger partial charge in [0.25, 0.3) is 5.24 Å². The van der Waals surface area contributed by atoms with Crippen molar-refractivity contribution in [3.8, 4) is 0 Å². The molecule has 3 rings (SSSR count). The van der Waals surface area contributed by atoms with Crippen molar-refractivity contribution in [1.82, 2.24) is 10.3 Å². The van der Waals surface area contributed by atoms with E-state index in [1.165, 1.54) is 11.1 Å². The second-order valence-corrected chi connectivity index (χ2v) is 7.09. The van der Waals surface area contributed by atoms with Crippen LogP contribution in [0.4, 0.5) is 4.79 Å². The fraction of sp³-hybridized carbons (Fsp3) is 0.316. The number of pyridine rings is 1. The van der Waals surface area contributed by atoms with Crippen LogP contribution < -0.4 is 5.32 Å². The van der Waals surface area contributed by atoms with E-state index in [0.717, 1.165) is 42.3 Å². The van der Waals surface area contributed by atoms with Crippen LogP contribution in [-0.4, -0.2) is 21.4 Å².